The molecule has 0 aliphatic heterocycles. The van der Waals surface area contributed by atoms with Gasteiger partial charge >= 0.3 is 0 Å². The van der Waals surface area contributed by atoms with Crippen LogP contribution in [0.15, 0.2) is 18.7 Å². The van der Waals surface area contributed by atoms with E-state index in [1.54, 1.807) is 6.92 Å². The summed E-state index contributed by atoms with van der Waals surface area (Å²) in [4.78, 5) is 0. The Morgan fingerprint density at radius 1 is 1.50 bits per heavy atom. The summed E-state index contributed by atoms with van der Waals surface area (Å²) in [5.41, 5.74) is 1.49. The number of rotatable bonds is 4. The smallest absolute Gasteiger partial charge is 0.237 e. The second-order valence-corrected chi connectivity index (χ2v) is 3.78. The van der Waals surface area contributed by atoms with E-state index in [2.05, 4.69) is 10.9 Å². The van der Waals surface area contributed by atoms with Gasteiger partial charge in [0, 0.05) is 7.05 Å². The largest absolute Gasteiger partial charge is 0.277 e. The van der Waals surface area contributed by atoms with Gasteiger partial charge in [-0.25, -0.2) is 17.9 Å². The molecule has 0 aromatic heterocycles. The first kappa shape index (κ1) is 12.7. The quantitative estimate of drug-likeness (QED) is 0.647. The van der Waals surface area contributed by atoms with Gasteiger partial charge in [-0.3, -0.25) is 0 Å². The van der Waals surface area contributed by atoms with Crippen molar-refractivity contribution in [3.05, 3.63) is 35.7 Å². The summed E-state index contributed by atoms with van der Waals surface area (Å²) in [6, 6.07) is 2.76. The Balaban J connectivity index is 3.14. The number of anilines is 1. The van der Waals surface area contributed by atoms with Crippen LogP contribution >= 0.6 is 0 Å². The molecule has 4 nitrogen and oxygen atoms in total. The van der Waals surface area contributed by atoms with Gasteiger partial charge in [-0.15, -0.1) is 0 Å². The molecule has 1 aromatic carbocycles. The molecule has 1 aromatic rings. The number of thiol groups is 1. The van der Waals surface area contributed by atoms with Crippen molar-refractivity contribution in [2.75, 3.05) is 12.1 Å². The Bertz CT molecular complexity index is 477. The van der Waals surface area contributed by atoms with Gasteiger partial charge in [-0.2, -0.15) is 4.28 Å². The van der Waals surface area contributed by atoms with E-state index in [-0.39, 0.29) is 5.69 Å². The third-order valence-corrected chi connectivity index (χ3v) is 2.46. The molecular formula is C10H12FNO3S. The number of hydroxylamine groups is 1. The SMILES string of the molecule is C=Cc1cc(F)c(N(C)O[SH](=O)=O)cc1C. The summed E-state index contributed by atoms with van der Waals surface area (Å²) in [7, 11) is -1.74. The predicted octanol–water partition coefficient (Wildman–Crippen LogP) is 1.67. The number of halogens is 1. The van der Waals surface area contributed by atoms with Crippen LogP contribution < -0.4 is 5.06 Å². The van der Waals surface area contributed by atoms with Crippen molar-refractivity contribution in [3.8, 4) is 0 Å². The lowest BCUT2D eigenvalue weighted by Crippen LogP contribution is -2.18. The lowest BCUT2D eigenvalue weighted by Gasteiger charge is -2.16. The zero-order valence-electron chi connectivity index (χ0n) is 8.94. The average molecular weight is 245 g/mol. The van der Waals surface area contributed by atoms with E-state index >= 15 is 0 Å². The van der Waals surface area contributed by atoms with Crippen molar-refractivity contribution in [1.82, 2.24) is 0 Å². The average Bonchev–Trinajstić information content (AvgIpc) is 2.19. The van der Waals surface area contributed by atoms with E-state index in [9.17, 15) is 12.8 Å². The third-order valence-electron chi connectivity index (χ3n) is 2.08. The van der Waals surface area contributed by atoms with Crippen molar-refractivity contribution in [2.45, 2.75) is 6.92 Å². The van der Waals surface area contributed by atoms with Gasteiger partial charge in [-0.1, -0.05) is 12.7 Å². The maximum absolute atomic E-state index is 13.6. The topological polar surface area (TPSA) is 46.6 Å². The Labute approximate surface area is 95.1 Å². The standard InChI is InChI=1S/C10H12FNO3S/c1-4-8-6-9(11)10(5-7(8)2)12(3)15-16(13)14/h4-6,16H,1H2,2-3H3. The van der Waals surface area contributed by atoms with Crippen molar-refractivity contribution in [2.24, 2.45) is 0 Å². The summed E-state index contributed by atoms with van der Waals surface area (Å²) in [5, 5.41) is 0.862. The first-order valence-electron chi connectivity index (χ1n) is 4.44. The Kier molecular flexibility index (Phi) is 4.03. The molecule has 0 aliphatic carbocycles. The van der Waals surface area contributed by atoms with Gasteiger partial charge < -0.3 is 0 Å². The summed E-state index contributed by atoms with van der Waals surface area (Å²) in [5.74, 6) is -0.570. The molecule has 0 atom stereocenters. The van der Waals surface area contributed by atoms with E-state index < -0.39 is 16.8 Å². The van der Waals surface area contributed by atoms with Gasteiger partial charge in [0.15, 0.2) is 0 Å². The van der Waals surface area contributed by atoms with Crippen molar-refractivity contribution in [3.63, 3.8) is 0 Å². The van der Waals surface area contributed by atoms with Crippen LogP contribution in [0.2, 0.25) is 0 Å². The Morgan fingerprint density at radius 2 is 2.12 bits per heavy atom. The zero-order valence-corrected chi connectivity index (χ0v) is 9.83. The van der Waals surface area contributed by atoms with Crippen LogP contribution in [0.3, 0.4) is 0 Å². The molecule has 0 heterocycles. The zero-order chi connectivity index (χ0) is 12.3. The minimum atomic E-state index is -3.06. The first-order chi connectivity index (χ1) is 7.45. The molecule has 0 saturated heterocycles. The highest BCUT2D eigenvalue weighted by Gasteiger charge is 2.11. The molecule has 0 spiro atoms. The lowest BCUT2D eigenvalue weighted by atomic mass is 10.1. The molecule has 0 amide bonds. The van der Waals surface area contributed by atoms with Crippen LogP contribution in [-0.2, 0) is 15.3 Å². The van der Waals surface area contributed by atoms with Crippen molar-refractivity contribution >= 4 is 22.7 Å². The van der Waals surface area contributed by atoms with Gasteiger partial charge in [-0.05, 0) is 30.2 Å². The lowest BCUT2D eigenvalue weighted by molar-refractivity contribution is 0.316. The molecule has 0 saturated carbocycles. The maximum Gasteiger partial charge on any atom is 0.277 e. The van der Waals surface area contributed by atoms with Crippen molar-refractivity contribution < 1.29 is 17.1 Å². The number of nitrogens with zero attached hydrogens (tertiary/aromatic N) is 1. The molecular weight excluding hydrogens is 233 g/mol. The van der Waals surface area contributed by atoms with E-state index in [0.29, 0.717) is 5.56 Å². The molecule has 6 heteroatoms. The number of aryl methyl sites for hydroxylation is 1. The van der Waals surface area contributed by atoms with Crippen LogP contribution in [0.5, 0.6) is 0 Å². The molecule has 0 bridgehead atoms. The molecule has 0 N–H and O–H groups in total. The van der Waals surface area contributed by atoms with Crippen LogP contribution in [-0.4, -0.2) is 15.5 Å². The number of benzene rings is 1. The molecule has 16 heavy (non-hydrogen) atoms. The summed E-state index contributed by atoms with van der Waals surface area (Å²) in [6.07, 6.45) is 1.52. The number of hydrogen-bond acceptors (Lipinski definition) is 4. The normalized spacial score (nSPS) is 10.5. The highest BCUT2D eigenvalue weighted by atomic mass is 32.2. The first-order valence-corrected chi connectivity index (χ1v) is 5.54. The minimum Gasteiger partial charge on any atom is -0.237 e. The highest BCUT2D eigenvalue weighted by molar-refractivity contribution is 7.67. The van der Waals surface area contributed by atoms with Gasteiger partial charge in [0.1, 0.15) is 11.5 Å². The minimum absolute atomic E-state index is 0.0577. The molecule has 0 unspecified atom stereocenters. The molecule has 0 radical (unpaired) electrons. The molecule has 88 valence electrons. The van der Waals surface area contributed by atoms with Crippen LogP contribution in [0.4, 0.5) is 10.1 Å². The highest BCUT2D eigenvalue weighted by Crippen LogP contribution is 2.23. The second-order valence-electron chi connectivity index (χ2n) is 3.17. The van der Waals surface area contributed by atoms with E-state index in [1.807, 2.05) is 0 Å². The van der Waals surface area contributed by atoms with Crippen LogP contribution in [0.1, 0.15) is 11.1 Å². The Morgan fingerprint density at radius 3 is 2.62 bits per heavy atom. The predicted molar refractivity (Wildman–Crippen MR) is 61.0 cm³/mol. The summed E-state index contributed by atoms with van der Waals surface area (Å²) >= 11 is 0. The Hall–Kier alpha value is -1.40. The van der Waals surface area contributed by atoms with Crippen LogP contribution in [0, 0.1) is 12.7 Å². The number of hydrogen-bond donors (Lipinski definition) is 1. The van der Waals surface area contributed by atoms with Gasteiger partial charge in [0.05, 0.1) is 0 Å². The molecule has 1 rings (SSSR count). The fourth-order valence-corrected chi connectivity index (χ4v) is 1.57. The van der Waals surface area contributed by atoms with Crippen LogP contribution in [0.25, 0.3) is 6.08 Å². The van der Waals surface area contributed by atoms with Gasteiger partial charge in [0.2, 0.25) is 0 Å². The summed E-state index contributed by atoms with van der Waals surface area (Å²) in [6.45, 7) is 5.32. The van der Waals surface area contributed by atoms with Gasteiger partial charge in [0.25, 0.3) is 11.0 Å². The summed E-state index contributed by atoms with van der Waals surface area (Å²) < 4.78 is 38.6. The monoisotopic (exact) mass is 245 g/mol. The fraction of sp³-hybridized carbons (Fsp3) is 0.200. The van der Waals surface area contributed by atoms with E-state index in [4.69, 9.17) is 0 Å². The van der Waals surface area contributed by atoms with E-state index in [1.165, 1.54) is 25.3 Å². The van der Waals surface area contributed by atoms with Crippen molar-refractivity contribution in [1.29, 1.82) is 0 Å². The molecule has 0 aliphatic rings. The fourth-order valence-electron chi connectivity index (χ4n) is 1.29. The maximum atomic E-state index is 13.6. The van der Waals surface area contributed by atoms with E-state index in [0.717, 1.165) is 10.6 Å². The second kappa shape index (κ2) is 5.09. The molecule has 0 fully saturated rings. The third kappa shape index (κ3) is 2.80.